The van der Waals surface area contributed by atoms with Crippen LogP contribution in [0.4, 0.5) is 17.3 Å². The fraction of sp³-hybridized carbons (Fsp3) is 0. The van der Waals surface area contributed by atoms with Gasteiger partial charge in [-0.15, -0.1) is 0 Å². The fourth-order valence-electron chi connectivity index (χ4n) is 1.77. The van der Waals surface area contributed by atoms with Gasteiger partial charge in [0, 0.05) is 5.56 Å². The van der Waals surface area contributed by atoms with Gasteiger partial charge < -0.3 is 17.3 Å². The molecule has 0 saturated carbocycles. The van der Waals surface area contributed by atoms with Crippen molar-refractivity contribution in [2.75, 3.05) is 0 Å². The van der Waals surface area contributed by atoms with Crippen molar-refractivity contribution in [3.63, 3.8) is 0 Å². The molecule has 2 aromatic carbocycles. The first-order valence-corrected chi connectivity index (χ1v) is 6.41. The summed E-state index contributed by atoms with van der Waals surface area (Å²) >= 11 is 0. The van der Waals surface area contributed by atoms with E-state index in [1.165, 1.54) is 0 Å². The quantitative estimate of drug-likeness (QED) is 0.503. The molecule has 0 bridgehead atoms. The summed E-state index contributed by atoms with van der Waals surface area (Å²) < 4.78 is 39.0. The maximum atomic E-state index is 9.75. The molecule has 0 aromatic heterocycles. The van der Waals surface area contributed by atoms with Gasteiger partial charge in [-0.1, -0.05) is 53.6 Å². The van der Waals surface area contributed by atoms with Crippen molar-refractivity contribution in [2.45, 2.75) is 0 Å². The number of nitrogens with zero attached hydrogens (tertiary/aromatic N) is 2. The van der Waals surface area contributed by atoms with Crippen molar-refractivity contribution in [3.05, 3.63) is 71.8 Å². The number of aliphatic imine (C=N–C) groups is 1. The number of rotatable bonds is 2. The molecule has 0 unspecified atom stereocenters. The van der Waals surface area contributed by atoms with Crippen LogP contribution in [-0.2, 0) is 0 Å². The number of benzene rings is 2. The van der Waals surface area contributed by atoms with Crippen LogP contribution < -0.4 is 5.43 Å². The lowest BCUT2D eigenvalue weighted by Crippen LogP contribution is -2.80. The fourth-order valence-corrected chi connectivity index (χ4v) is 1.77. The van der Waals surface area contributed by atoms with Gasteiger partial charge in [-0.3, -0.25) is 0 Å². The Morgan fingerprint density at radius 1 is 0.727 bits per heavy atom. The number of halogens is 4. The van der Waals surface area contributed by atoms with Gasteiger partial charge in [0.05, 0.1) is 5.56 Å². The van der Waals surface area contributed by atoms with E-state index in [1.807, 2.05) is 66.1 Å². The molecule has 2 aromatic rings. The number of nitrogens with two attached hydrogens (primary N) is 1. The molecule has 8 heteroatoms. The second kappa shape index (κ2) is 6.99. The van der Waals surface area contributed by atoms with E-state index in [0.717, 1.165) is 22.8 Å². The van der Waals surface area contributed by atoms with Gasteiger partial charge in [0.1, 0.15) is 0 Å². The van der Waals surface area contributed by atoms with Gasteiger partial charge in [0.2, 0.25) is 5.84 Å². The first-order valence-electron chi connectivity index (χ1n) is 6.41. The SMILES string of the molecule is F[B-](F)(F)F.c1ccc(C2=N[NH2+]C(c3ccccc3)=N2)cc1. The maximum Gasteiger partial charge on any atom is 0.673 e. The van der Waals surface area contributed by atoms with Gasteiger partial charge >= 0.3 is 7.25 Å². The van der Waals surface area contributed by atoms with Crippen LogP contribution >= 0.6 is 0 Å². The molecule has 0 saturated heterocycles. The molecule has 1 heterocycles. The van der Waals surface area contributed by atoms with Crippen molar-refractivity contribution in [3.8, 4) is 0 Å². The highest BCUT2D eigenvalue weighted by Crippen LogP contribution is 2.07. The van der Waals surface area contributed by atoms with E-state index >= 15 is 0 Å². The van der Waals surface area contributed by atoms with Crippen LogP contribution in [0.15, 0.2) is 70.8 Å². The van der Waals surface area contributed by atoms with Crippen LogP contribution in [0.3, 0.4) is 0 Å². The van der Waals surface area contributed by atoms with Crippen LogP contribution in [0, 0.1) is 0 Å². The van der Waals surface area contributed by atoms with Crippen LogP contribution in [0.25, 0.3) is 0 Å². The predicted molar refractivity (Wildman–Crippen MR) is 78.1 cm³/mol. The van der Waals surface area contributed by atoms with E-state index in [0.29, 0.717) is 0 Å². The van der Waals surface area contributed by atoms with Crippen molar-refractivity contribution < 1.29 is 22.7 Å². The van der Waals surface area contributed by atoms with Gasteiger partial charge in [-0.2, -0.15) is 10.4 Å². The smallest absolute Gasteiger partial charge is 0.418 e. The number of amidine groups is 2. The number of quaternary nitrogens is 1. The summed E-state index contributed by atoms with van der Waals surface area (Å²) in [7, 11) is -6.00. The molecule has 1 aliphatic heterocycles. The highest BCUT2D eigenvalue weighted by Gasteiger charge is 2.20. The lowest BCUT2D eigenvalue weighted by Gasteiger charge is -1.94. The van der Waals surface area contributed by atoms with E-state index in [2.05, 4.69) is 10.1 Å². The summed E-state index contributed by atoms with van der Waals surface area (Å²) in [4.78, 5) is 4.54. The van der Waals surface area contributed by atoms with E-state index in [1.54, 1.807) is 0 Å². The van der Waals surface area contributed by atoms with Gasteiger partial charge in [0.25, 0.3) is 5.84 Å². The first-order chi connectivity index (χ1) is 10.4. The minimum Gasteiger partial charge on any atom is -0.418 e. The van der Waals surface area contributed by atoms with Crippen molar-refractivity contribution in [1.29, 1.82) is 0 Å². The number of hydrogen-bond donors (Lipinski definition) is 1. The monoisotopic (exact) mass is 309 g/mol. The van der Waals surface area contributed by atoms with E-state index in [-0.39, 0.29) is 0 Å². The summed E-state index contributed by atoms with van der Waals surface area (Å²) in [5.41, 5.74) is 3.97. The second-order valence-electron chi connectivity index (χ2n) is 4.31. The molecule has 3 rings (SSSR count). The Kier molecular flexibility index (Phi) is 5.06. The summed E-state index contributed by atoms with van der Waals surface area (Å²) in [5, 5.41) is 4.35. The van der Waals surface area contributed by atoms with Gasteiger partial charge in [-0.25, -0.2) is 0 Å². The van der Waals surface area contributed by atoms with Crippen molar-refractivity contribution >= 4 is 18.9 Å². The molecule has 22 heavy (non-hydrogen) atoms. The molecule has 0 radical (unpaired) electrons. The second-order valence-corrected chi connectivity index (χ2v) is 4.31. The summed E-state index contributed by atoms with van der Waals surface area (Å²) in [6.07, 6.45) is 0. The van der Waals surface area contributed by atoms with E-state index in [4.69, 9.17) is 0 Å². The molecule has 0 amide bonds. The average Bonchev–Trinajstić information content (AvgIpc) is 2.97. The predicted octanol–water partition coefficient (Wildman–Crippen LogP) is 2.67. The third kappa shape index (κ3) is 5.14. The van der Waals surface area contributed by atoms with E-state index in [9.17, 15) is 17.3 Å². The van der Waals surface area contributed by atoms with E-state index < -0.39 is 7.25 Å². The Labute approximate surface area is 124 Å². The topological polar surface area (TPSA) is 41.3 Å². The Morgan fingerprint density at radius 3 is 1.68 bits per heavy atom. The molecule has 0 fully saturated rings. The van der Waals surface area contributed by atoms with Gasteiger partial charge in [-0.05, 0) is 12.1 Å². The zero-order valence-corrected chi connectivity index (χ0v) is 11.3. The Hall–Kier alpha value is -2.48. The standard InChI is InChI=1S/C14H11N3.BF4/c1-3-7-11(8-4-1)13-15-14(17-16-13)12-9-5-2-6-10-12;2-1(3,4)5/h1-10H,(H,15,16,17);/q;-1/p+1. The number of hydrogen-bond acceptors (Lipinski definition) is 2. The summed E-state index contributed by atoms with van der Waals surface area (Å²) in [6.45, 7) is 0. The molecule has 0 atom stereocenters. The molecule has 0 spiro atoms. The highest BCUT2D eigenvalue weighted by atomic mass is 19.5. The summed E-state index contributed by atoms with van der Waals surface area (Å²) in [6, 6.07) is 20.1. The van der Waals surface area contributed by atoms with Crippen LogP contribution in [-0.4, -0.2) is 18.9 Å². The molecular weight excluding hydrogens is 297 g/mol. The van der Waals surface area contributed by atoms with Gasteiger partial charge in [0.15, 0.2) is 0 Å². The lowest BCUT2D eigenvalue weighted by molar-refractivity contribution is -0.540. The molecule has 2 N–H and O–H groups in total. The highest BCUT2D eigenvalue weighted by molar-refractivity contribution is 6.50. The molecule has 0 aliphatic carbocycles. The molecule has 114 valence electrons. The van der Waals surface area contributed by atoms with Crippen molar-refractivity contribution in [1.82, 2.24) is 0 Å². The average molecular weight is 309 g/mol. The Balaban J connectivity index is 0.000000309. The minimum absolute atomic E-state index is 0.782. The third-order valence-corrected chi connectivity index (χ3v) is 2.64. The molecule has 3 nitrogen and oxygen atoms in total. The first kappa shape index (κ1) is 15.9. The molecular formula is C14H12BF4N3. The van der Waals surface area contributed by atoms with Crippen LogP contribution in [0.1, 0.15) is 11.1 Å². The normalized spacial score (nSPS) is 13.8. The van der Waals surface area contributed by atoms with Crippen LogP contribution in [0.5, 0.6) is 0 Å². The summed E-state index contributed by atoms with van der Waals surface area (Å²) in [5.74, 6) is 1.70. The van der Waals surface area contributed by atoms with Crippen LogP contribution in [0.2, 0.25) is 0 Å². The lowest BCUT2D eigenvalue weighted by atomic mass is 10.2. The zero-order valence-electron chi connectivity index (χ0n) is 11.3. The largest absolute Gasteiger partial charge is 0.673 e. The zero-order chi connectivity index (χ0) is 16.0. The maximum absolute atomic E-state index is 9.75. The molecule has 1 aliphatic rings. The Bertz CT molecular complexity index is 663. The third-order valence-electron chi connectivity index (χ3n) is 2.64. The van der Waals surface area contributed by atoms with Crippen molar-refractivity contribution in [2.24, 2.45) is 10.1 Å². The Morgan fingerprint density at radius 2 is 1.18 bits per heavy atom. The minimum atomic E-state index is -6.00.